The number of nitrogens with one attached hydrogen (secondary N) is 1. The fraction of sp³-hybridized carbons (Fsp3) is 0. The molecule has 0 aliphatic heterocycles. The van der Waals surface area contributed by atoms with Crippen molar-refractivity contribution < 1.29 is 0 Å². The van der Waals surface area contributed by atoms with Crippen molar-refractivity contribution >= 4 is 49.4 Å². The molecular formula is C24H14N6. The van der Waals surface area contributed by atoms with Crippen molar-refractivity contribution in [3.05, 3.63) is 78.9 Å². The average Bonchev–Trinajstić information content (AvgIpc) is 3.38. The lowest BCUT2D eigenvalue weighted by molar-refractivity contribution is 1.01. The number of fused-ring (bicyclic) bond motifs is 7. The topological polar surface area (TPSA) is 71.8 Å². The minimum Gasteiger partial charge on any atom is -0.339 e. The van der Waals surface area contributed by atoms with E-state index in [1.54, 1.807) is 0 Å². The van der Waals surface area contributed by atoms with Gasteiger partial charge >= 0.3 is 0 Å². The summed E-state index contributed by atoms with van der Waals surface area (Å²) in [7, 11) is 0. The zero-order valence-corrected chi connectivity index (χ0v) is 15.7. The van der Waals surface area contributed by atoms with Gasteiger partial charge in [0.2, 0.25) is 0 Å². The van der Waals surface area contributed by atoms with Gasteiger partial charge in [0.15, 0.2) is 5.82 Å². The molecule has 3 heterocycles. The first-order valence-electron chi connectivity index (χ1n) is 9.77. The van der Waals surface area contributed by atoms with Gasteiger partial charge in [-0.05, 0) is 39.7 Å². The van der Waals surface area contributed by atoms with E-state index in [-0.39, 0.29) is 0 Å². The second-order valence-electron chi connectivity index (χ2n) is 7.45. The van der Waals surface area contributed by atoms with Gasteiger partial charge in [-0.15, -0.1) is 20.4 Å². The predicted molar refractivity (Wildman–Crippen MR) is 118 cm³/mol. The van der Waals surface area contributed by atoms with Crippen LogP contribution in [0.5, 0.6) is 0 Å². The van der Waals surface area contributed by atoms with Crippen LogP contribution in [0, 0.1) is 0 Å². The van der Waals surface area contributed by atoms with Crippen molar-refractivity contribution in [1.29, 1.82) is 0 Å². The van der Waals surface area contributed by atoms with E-state index in [0.717, 1.165) is 44.2 Å². The molecule has 0 unspecified atom stereocenters. The Morgan fingerprint density at radius 3 is 2.33 bits per heavy atom. The average molecular weight is 386 g/mol. The van der Waals surface area contributed by atoms with Gasteiger partial charge in [0.1, 0.15) is 11.2 Å². The van der Waals surface area contributed by atoms with Gasteiger partial charge in [-0.25, -0.2) is 4.40 Å². The molecule has 1 N–H and O–H groups in total. The summed E-state index contributed by atoms with van der Waals surface area (Å²) in [5.41, 5.74) is 3.68. The van der Waals surface area contributed by atoms with Gasteiger partial charge in [0.05, 0.1) is 0 Å². The molecule has 0 fully saturated rings. The second kappa shape index (κ2) is 5.61. The lowest BCUT2D eigenvalue weighted by Crippen LogP contribution is -1.97. The lowest BCUT2D eigenvalue weighted by Gasteiger charge is -2.08. The van der Waals surface area contributed by atoms with Gasteiger partial charge in [0, 0.05) is 16.5 Å². The van der Waals surface area contributed by atoms with Gasteiger partial charge in [-0.1, -0.05) is 60.7 Å². The van der Waals surface area contributed by atoms with E-state index in [2.05, 4.69) is 80.0 Å². The van der Waals surface area contributed by atoms with E-state index in [9.17, 15) is 0 Å². The zero-order chi connectivity index (χ0) is 19.7. The minimum atomic E-state index is 0.474. The smallest absolute Gasteiger partial charge is 0.276 e. The molecular weight excluding hydrogens is 372 g/mol. The Balaban J connectivity index is 1.62. The van der Waals surface area contributed by atoms with E-state index in [1.165, 1.54) is 10.8 Å². The molecule has 0 amide bonds. The maximum absolute atomic E-state index is 4.51. The van der Waals surface area contributed by atoms with Crippen molar-refractivity contribution in [1.82, 2.24) is 29.8 Å². The molecule has 140 valence electrons. The molecule has 0 radical (unpaired) electrons. The highest BCUT2D eigenvalue weighted by molar-refractivity contribution is 6.06. The summed E-state index contributed by atoms with van der Waals surface area (Å²) < 4.78 is 1.96. The van der Waals surface area contributed by atoms with Crippen LogP contribution in [-0.2, 0) is 0 Å². The van der Waals surface area contributed by atoms with Crippen LogP contribution in [0.15, 0.2) is 78.9 Å². The Morgan fingerprint density at radius 1 is 0.633 bits per heavy atom. The molecule has 0 aliphatic carbocycles. The summed E-state index contributed by atoms with van der Waals surface area (Å²) in [6, 6.07) is 27.2. The van der Waals surface area contributed by atoms with Crippen molar-refractivity contribution in [3.8, 4) is 11.4 Å². The molecule has 7 aromatic rings. The van der Waals surface area contributed by atoms with Crippen molar-refractivity contribution in [3.63, 3.8) is 0 Å². The normalized spacial score (nSPS) is 12.0. The lowest BCUT2D eigenvalue weighted by atomic mass is 9.99. The first kappa shape index (κ1) is 15.6. The summed E-state index contributed by atoms with van der Waals surface area (Å²) in [5, 5.41) is 23.3. The fourth-order valence-corrected chi connectivity index (χ4v) is 4.35. The van der Waals surface area contributed by atoms with Crippen LogP contribution in [0.1, 0.15) is 0 Å². The minimum absolute atomic E-state index is 0.474. The van der Waals surface area contributed by atoms with Gasteiger partial charge < -0.3 is 4.98 Å². The van der Waals surface area contributed by atoms with Crippen LogP contribution in [-0.4, -0.2) is 29.8 Å². The number of para-hydroxylation sites is 1. The van der Waals surface area contributed by atoms with E-state index < -0.39 is 0 Å². The van der Waals surface area contributed by atoms with Crippen LogP contribution >= 0.6 is 0 Å². The third kappa shape index (κ3) is 2.02. The van der Waals surface area contributed by atoms with Gasteiger partial charge in [-0.2, -0.15) is 0 Å². The third-order valence-corrected chi connectivity index (χ3v) is 5.76. The monoisotopic (exact) mass is 386 g/mol. The van der Waals surface area contributed by atoms with Crippen LogP contribution < -0.4 is 0 Å². The van der Waals surface area contributed by atoms with E-state index in [4.69, 9.17) is 0 Å². The molecule has 7 rings (SSSR count). The highest BCUT2D eigenvalue weighted by atomic mass is 15.3. The van der Waals surface area contributed by atoms with Gasteiger partial charge in [0.25, 0.3) is 5.78 Å². The first-order valence-corrected chi connectivity index (χ1v) is 9.77. The number of hydrogen-bond acceptors (Lipinski definition) is 4. The number of H-pyrrole nitrogens is 1. The Bertz CT molecular complexity index is 1760. The molecule has 0 atom stereocenters. The van der Waals surface area contributed by atoms with E-state index in [0.29, 0.717) is 5.78 Å². The van der Waals surface area contributed by atoms with E-state index >= 15 is 0 Å². The number of nitrogens with zero attached hydrogens (tertiary/aromatic N) is 5. The highest BCUT2D eigenvalue weighted by Gasteiger charge is 2.18. The maximum atomic E-state index is 4.51. The predicted octanol–water partition coefficient (Wildman–Crippen LogP) is 5.13. The standard InChI is InChI=1S/C24H14N6/c1-2-7-15-13-19-16(12-14(15)6-1)8-5-10-17(19)22-27-29-24-28-26-21-18-9-3-4-11-20(18)25-23(21)30(22)24/h1-13,25H. The van der Waals surface area contributed by atoms with E-state index in [1.807, 2.05) is 28.7 Å². The molecule has 0 saturated heterocycles. The Labute approximate surface area is 169 Å². The van der Waals surface area contributed by atoms with Crippen LogP contribution in [0.4, 0.5) is 0 Å². The highest BCUT2D eigenvalue weighted by Crippen LogP contribution is 2.32. The maximum Gasteiger partial charge on any atom is 0.276 e. The molecule has 0 aliphatic rings. The van der Waals surface area contributed by atoms with Crippen molar-refractivity contribution in [2.24, 2.45) is 0 Å². The van der Waals surface area contributed by atoms with Crippen LogP contribution in [0.25, 0.3) is 60.8 Å². The van der Waals surface area contributed by atoms with Crippen LogP contribution in [0.3, 0.4) is 0 Å². The Kier molecular flexibility index (Phi) is 2.91. The second-order valence-corrected chi connectivity index (χ2v) is 7.45. The number of rotatable bonds is 1. The van der Waals surface area contributed by atoms with Crippen LogP contribution in [0.2, 0.25) is 0 Å². The zero-order valence-electron chi connectivity index (χ0n) is 15.7. The summed E-state index contributed by atoms with van der Waals surface area (Å²) in [6.45, 7) is 0. The largest absolute Gasteiger partial charge is 0.339 e. The molecule has 0 bridgehead atoms. The third-order valence-electron chi connectivity index (χ3n) is 5.76. The summed E-state index contributed by atoms with van der Waals surface area (Å²) in [5.74, 6) is 1.22. The molecule has 6 nitrogen and oxygen atoms in total. The molecule has 30 heavy (non-hydrogen) atoms. The number of hydrogen-bond donors (Lipinski definition) is 1. The van der Waals surface area contributed by atoms with Crippen molar-refractivity contribution in [2.45, 2.75) is 0 Å². The number of benzene rings is 4. The molecule has 0 saturated carbocycles. The Hall–Kier alpha value is -4.32. The van der Waals surface area contributed by atoms with Gasteiger partial charge in [-0.3, -0.25) is 0 Å². The summed E-state index contributed by atoms with van der Waals surface area (Å²) in [6.07, 6.45) is 0. The quantitative estimate of drug-likeness (QED) is 0.397. The number of aromatic amines is 1. The Morgan fingerprint density at radius 2 is 1.40 bits per heavy atom. The van der Waals surface area contributed by atoms with Crippen molar-refractivity contribution in [2.75, 3.05) is 0 Å². The first-order chi connectivity index (χ1) is 14.9. The molecule has 4 aromatic carbocycles. The summed E-state index contributed by atoms with van der Waals surface area (Å²) in [4.78, 5) is 3.48. The molecule has 0 spiro atoms. The fourth-order valence-electron chi connectivity index (χ4n) is 4.35. The SMILES string of the molecule is c1ccc2cc3c(-c4nnc5nnc6c7ccccc7[nH]c6n45)cccc3cc2c1. The number of aromatic nitrogens is 6. The molecule has 3 aromatic heterocycles. The molecule has 6 heteroatoms. The summed E-state index contributed by atoms with van der Waals surface area (Å²) >= 11 is 0.